The first-order valence-corrected chi connectivity index (χ1v) is 10.3. The van der Waals surface area contributed by atoms with Gasteiger partial charge in [-0.3, -0.25) is 4.79 Å². The fourth-order valence-corrected chi connectivity index (χ4v) is 4.65. The molecule has 1 saturated heterocycles. The maximum absolute atomic E-state index is 12.9. The summed E-state index contributed by atoms with van der Waals surface area (Å²) < 4.78 is 30.7. The van der Waals surface area contributed by atoms with Gasteiger partial charge < -0.3 is 14.5 Å². The number of ether oxygens (including phenoxy) is 1. The second-order valence-electron chi connectivity index (χ2n) is 7.09. The van der Waals surface area contributed by atoms with Crippen LogP contribution in [0.4, 0.5) is 14.6 Å². The minimum Gasteiger partial charge on any atom is -0.383 e. The van der Waals surface area contributed by atoms with Gasteiger partial charge in [0.15, 0.2) is 0 Å². The van der Waals surface area contributed by atoms with E-state index in [1.165, 1.54) is 22.5 Å². The summed E-state index contributed by atoms with van der Waals surface area (Å²) in [5, 5.41) is 1.08. The molecular formula is C19H26F2N4O2S. The molecular weight excluding hydrogens is 386 g/mol. The van der Waals surface area contributed by atoms with Crippen LogP contribution >= 0.6 is 11.3 Å². The van der Waals surface area contributed by atoms with Crippen molar-refractivity contribution in [1.29, 1.82) is 0 Å². The molecule has 0 spiro atoms. The van der Waals surface area contributed by atoms with Crippen LogP contribution in [-0.4, -0.2) is 67.1 Å². The van der Waals surface area contributed by atoms with Gasteiger partial charge in [-0.05, 0) is 32.3 Å². The average Bonchev–Trinajstić information content (AvgIpc) is 2.98. The third kappa shape index (κ3) is 4.41. The number of carbonyl (C=O) groups is 1. The van der Waals surface area contributed by atoms with Gasteiger partial charge in [-0.25, -0.2) is 18.7 Å². The van der Waals surface area contributed by atoms with Crippen molar-refractivity contribution < 1.29 is 18.3 Å². The molecule has 0 unspecified atom stereocenters. The number of hydrogen-bond donors (Lipinski definition) is 0. The molecule has 9 heteroatoms. The lowest BCUT2D eigenvalue weighted by Gasteiger charge is -2.35. The van der Waals surface area contributed by atoms with Gasteiger partial charge in [0.25, 0.3) is 6.43 Å². The van der Waals surface area contributed by atoms with Crippen LogP contribution in [0, 0.1) is 19.8 Å². The number of hydrogen-bond acceptors (Lipinski definition) is 6. The van der Waals surface area contributed by atoms with E-state index in [1.807, 2.05) is 0 Å². The summed E-state index contributed by atoms with van der Waals surface area (Å²) >= 11 is 1.66. The van der Waals surface area contributed by atoms with Gasteiger partial charge in [0.05, 0.1) is 18.5 Å². The first-order valence-electron chi connectivity index (χ1n) is 9.43. The normalized spacial score (nSPS) is 15.6. The highest BCUT2D eigenvalue weighted by Crippen LogP contribution is 2.35. The number of methoxy groups -OCH3 is 1. The van der Waals surface area contributed by atoms with Crippen LogP contribution in [0.3, 0.4) is 0 Å². The summed E-state index contributed by atoms with van der Waals surface area (Å²) in [6, 6.07) is 0. The van der Waals surface area contributed by atoms with Gasteiger partial charge in [-0.2, -0.15) is 0 Å². The summed E-state index contributed by atoms with van der Waals surface area (Å²) in [5.41, 5.74) is 1.19. The minimum atomic E-state index is -2.54. The van der Waals surface area contributed by atoms with Crippen molar-refractivity contribution >= 4 is 33.3 Å². The smallest absolute Gasteiger partial charge is 0.255 e. The number of halogens is 2. The van der Waals surface area contributed by atoms with Crippen LogP contribution in [0.1, 0.15) is 23.3 Å². The molecule has 6 nitrogen and oxygen atoms in total. The Labute approximate surface area is 167 Å². The molecule has 0 N–H and O–H groups in total. The Morgan fingerprint density at radius 3 is 2.71 bits per heavy atom. The van der Waals surface area contributed by atoms with E-state index in [2.05, 4.69) is 28.7 Å². The van der Waals surface area contributed by atoms with Crippen molar-refractivity contribution in [2.75, 3.05) is 44.8 Å². The molecule has 1 aliphatic heterocycles. The largest absolute Gasteiger partial charge is 0.383 e. The Balaban J connectivity index is 1.69. The van der Waals surface area contributed by atoms with Crippen molar-refractivity contribution in [2.45, 2.75) is 33.1 Å². The third-order valence-corrected chi connectivity index (χ3v) is 6.44. The molecule has 0 atom stereocenters. The number of thiophene rings is 1. The summed E-state index contributed by atoms with van der Waals surface area (Å²) in [7, 11) is 1.50. The van der Waals surface area contributed by atoms with Crippen molar-refractivity contribution in [2.24, 2.45) is 5.92 Å². The quantitative estimate of drug-likeness (QED) is 0.699. The van der Waals surface area contributed by atoms with E-state index >= 15 is 0 Å². The number of carbonyl (C=O) groups excluding carboxylic acids is 1. The highest BCUT2D eigenvalue weighted by atomic mass is 32.1. The summed E-state index contributed by atoms with van der Waals surface area (Å²) in [4.78, 5) is 27.2. The number of alkyl halides is 2. The summed E-state index contributed by atoms with van der Waals surface area (Å²) in [5.74, 6) is 0.462. The van der Waals surface area contributed by atoms with Crippen molar-refractivity contribution in [1.82, 2.24) is 14.9 Å². The number of nitrogens with zero attached hydrogens (tertiary/aromatic N) is 4. The Morgan fingerprint density at radius 2 is 2.07 bits per heavy atom. The van der Waals surface area contributed by atoms with Crippen molar-refractivity contribution in [3.8, 4) is 0 Å². The van der Waals surface area contributed by atoms with Crippen molar-refractivity contribution in [3.05, 3.63) is 16.8 Å². The molecule has 1 fully saturated rings. The number of aromatic nitrogens is 2. The lowest BCUT2D eigenvalue weighted by atomic mass is 9.95. The SMILES string of the molecule is COCCN(CC(F)F)C(=O)C1CCN(c2ncnc3sc(C)c(C)c23)CC1. The Bertz CT molecular complexity index is 822. The predicted octanol–water partition coefficient (Wildman–Crippen LogP) is 3.26. The lowest BCUT2D eigenvalue weighted by Crippen LogP contribution is -2.45. The first-order chi connectivity index (χ1) is 13.4. The topological polar surface area (TPSA) is 58.6 Å². The maximum Gasteiger partial charge on any atom is 0.255 e. The predicted molar refractivity (Wildman–Crippen MR) is 106 cm³/mol. The van der Waals surface area contributed by atoms with Crippen LogP contribution in [0.2, 0.25) is 0 Å². The molecule has 2 aromatic rings. The van der Waals surface area contributed by atoms with E-state index in [0.29, 0.717) is 25.9 Å². The number of rotatable bonds is 7. The number of fused-ring (bicyclic) bond motifs is 1. The number of piperidine rings is 1. The fraction of sp³-hybridized carbons (Fsp3) is 0.632. The zero-order chi connectivity index (χ0) is 20.3. The van der Waals surface area contributed by atoms with Gasteiger partial charge in [-0.15, -0.1) is 11.3 Å². The maximum atomic E-state index is 12.9. The van der Waals surface area contributed by atoms with Crippen LogP contribution in [0.25, 0.3) is 10.2 Å². The van der Waals surface area contributed by atoms with Crippen LogP contribution in [-0.2, 0) is 9.53 Å². The molecule has 3 heterocycles. The molecule has 3 rings (SSSR count). The third-order valence-electron chi connectivity index (χ3n) is 5.32. The molecule has 2 aromatic heterocycles. The van der Waals surface area contributed by atoms with Gasteiger partial charge in [0, 0.05) is 37.5 Å². The molecule has 0 bridgehead atoms. The van der Waals surface area contributed by atoms with E-state index in [9.17, 15) is 13.6 Å². The Kier molecular flexibility index (Phi) is 6.77. The van der Waals surface area contributed by atoms with E-state index in [-0.39, 0.29) is 25.0 Å². The standard InChI is InChI=1S/C19H26F2N4O2S/c1-12-13(2)28-18-16(12)17(22-11-23-18)24-6-4-14(5-7-24)19(26)25(8-9-27-3)10-15(20)21/h11,14-15H,4-10H2,1-3H3. The van der Waals surface area contributed by atoms with Gasteiger partial charge in [0.2, 0.25) is 5.91 Å². The van der Waals surface area contributed by atoms with Gasteiger partial charge >= 0.3 is 0 Å². The Morgan fingerprint density at radius 1 is 1.36 bits per heavy atom. The average molecular weight is 413 g/mol. The zero-order valence-electron chi connectivity index (χ0n) is 16.5. The van der Waals surface area contributed by atoms with Crippen LogP contribution < -0.4 is 4.90 Å². The second-order valence-corrected chi connectivity index (χ2v) is 8.29. The molecule has 0 saturated carbocycles. The van der Waals surface area contributed by atoms with Gasteiger partial charge in [0.1, 0.15) is 17.0 Å². The second kappa shape index (κ2) is 9.09. The van der Waals surface area contributed by atoms with E-state index in [4.69, 9.17) is 4.74 Å². The van der Waals surface area contributed by atoms with Crippen LogP contribution in [0.5, 0.6) is 0 Å². The highest BCUT2D eigenvalue weighted by molar-refractivity contribution is 7.18. The van der Waals surface area contributed by atoms with E-state index < -0.39 is 13.0 Å². The molecule has 1 aliphatic rings. The van der Waals surface area contributed by atoms with E-state index in [0.717, 1.165) is 16.0 Å². The Hall–Kier alpha value is -1.87. The van der Waals surface area contributed by atoms with Gasteiger partial charge in [-0.1, -0.05) is 0 Å². The molecule has 0 aromatic carbocycles. The minimum absolute atomic E-state index is 0.194. The van der Waals surface area contributed by atoms with Crippen LogP contribution in [0.15, 0.2) is 6.33 Å². The molecule has 1 amide bonds. The highest BCUT2D eigenvalue weighted by Gasteiger charge is 2.31. The summed E-state index contributed by atoms with van der Waals surface area (Å²) in [6.07, 6.45) is 0.290. The monoisotopic (exact) mass is 412 g/mol. The summed E-state index contributed by atoms with van der Waals surface area (Å²) in [6.45, 7) is 5.41. The molecule has 28 heavy (non-hydrogen) atoms. The molecule has 0 radical (unpaired) electrons. The fourth-order valence-electron chi connectivity index (χ4n) is 3.66. The van der Waals surface area contributed by atoms with E-state index in [1.54, 1.807) is 17.7 Å². The molecule has 154 valence electrons. The number of aryl methyl sites for hydroxylation is 2. The zero-order valence-corrected chi connectivity index (χ0v) is 17.3. The number of amides is 1. The number of anilines is 1. The lowest BCUT2D eigenvalue weighted by molar-refractivity contribution is -0.138. The van der Waals surface area contributed by atoms with Crippen molar-refractivity contribution in [3.63, 3.8) is 0 Å². The first kappa shape index (κ1) is 20.9. The molecule has 0 aliphatic carbocycles.